The minimum Gasteiger partial charge on any atom is -0.346 e. The number of carbonyl (C=O) groups excluding carboxylic acids is 1. The van der Waals surface area contributed by atoms with Crippen molar-refractivity contribution in [3.8, 4) is 0 Å². The van der Waals surface area contributed by atoms with Gasteiger partial charge in [-0.05, 0) is 73.2 Å². The van der Waals surface area contributed by atoms with Crippen molar-refractivity contribution in [1.82, 2.24) is 5.32 Å². The van der Waals surface area contributed by atoms with E-state index in [1.165, 1.54) is 42.5 Å². The van der Waals surface area contributed by atoms with Crippen LogP contribution in [0.15, 0.2) is 71.6 Å². The summed E-state index contributed by atoms with van der Waals surface area (Å²) in [4.78, 5) is 12.4. The van der Waals surface area contributed by atoms with Crippen LogP contribution in [0.2, 0.25) is 5.02 Å². The first kappa shape index (κ1) is 21.7. The van der Waals surface area contributed by atoms with Gasteiger partial charge in [0.15, 0.2) is 0 Å². The summed E-state index contributed by atoms with van der Waals surface area (Å²) < 4.78 is 53.3. The maximum Gasteiger partial charge on any atom is 0.261 e. The van der Waals surface area contributed by atoms with Crippen LogP contribution in [0.3, 0.4) is 0 Å². The fraction of sp³-hybridized carbons (Fsp3) is 0.0952. The third kappa shape index (κ3) is 5.14. The molecule has 0 spiro atoms. The van der Waals surface area contributed by atoms with Gasteiger partial charge in [-0.25, -0.2) is 17.2 Å². The van der Waals surface area contributed by atoms with Crippen molar-refractivity contribution in [1.29, 1.82) is 0 Å². The molecule has 0 fully saturated rings. The molecule has 1 amide bonds. The molecule has 5 nitrogen and oxygen atoms in total. The number of anilines is 1. The molecular weight excluding hydrogens is 434 g/mol. The van der Waals surface area contributed by atoms with E-state index < -0.39 is 33.6 Å². The van der Waals surface area contributed by atoms with E-state index in [9.17, 15) is 22.0 Å². The second-order valence-electron chi connectivity index (χ2n) is 6.51. The van der Waals surface area contributed by atoms with E-state index in [2.05, 4.69) is 10.0 Å². The van der Waals surface area contributed by atoms with Crippen LogP contribution in [0.1, 0.15) is 28.9 Å². The summed E-state index contributed by atoms with van der Waals surface area (Å²) in [5, 5.41) is 2.73. The summed E-state index contributed by atoms with van der Waals surface area (Å²) in [6, 6.07) is 14.0. The largest absolute Gasteiger partial charge is 0.346 e. The molecule has 0 aromatic heterocycles. The van der Waals surface area contributed by atoms with Crippen LogP contribution in [0, 0.1) is 11.6 Å². The van der Waals surface area contributed by atoms with E-state index >= 15 is 0 Å². The second-order valence-corrected chi connectivity index (χ2v) is 8.60. The van der Waals surface area contributed by atoms with Crippen molar-refractivity contribution in [2.24, 2.45) is 0 Å². The molecule has 3 aromatic carbocycles. The van der Waals surface area contributed by atoms with Gasteiger partial charge in [-0.1, -0.05) is 17.7 Å². The first-order valence-electron chi connectivity index (χ1n) is 8.80. The van der Waals surface area contributed by atoms with Gasteiger partial charge in [-0.2, -0.15) is 0 Å². The zero-order valence-electron chi connectivity index (χ0n) is 15.7. The lowest BCUT2D eigenvalue weighted by atomic mass is 10.1. The Bertz CT molecular complexity index is 1170. The summed E-state index contributed by atoms with van der Waals surface area (Å²) in [6.45, 7) is 1.73. The highest BCUT2D eigenvalue weighted by atomic mass is 35.5. The molecule has 1 unspecified atom stereocenters. The Morgan fingerprint density at radius 1 is 0.967 bits per heavy atom. The number of hydrogen-bond acceptors (Lipinski definition) is 3. The van der Waals surface area contributed by atoms with Crippen molar-refractivity contribution in [3.05, 3.63) is 94.5 Å². The van der Waals surface area contributed by atoms with Crippen molar-refractivity contribution in [3.63, 3.8) is 0 Å². The summed E-state index contributed by atoms with van der Waals surface area (Å²) in [5.41, 5.74) is 1.19. The number of sulfonamides is 1. The third-order valence-electron chi connectivity index (χ3n) is 4.31. The smallest absolute Gasteiger partial charge is 0.261 e. The Morgan fingerprint density at radius 3 is 2.20 bits per heavy atom. The van der Waals surface area contributed by atoms with Gasteiger partial charge >= 0.3 is 0 Å². The van der Waals surface area contributed by atoms with Gasteiger partial charge in [0.1, 0.15) is 11.6 Å². The Labute approximate surface area is 177 Å². The van der Waals surface area contributed by atoms with Crippen molar-refractivity contribution in [2.45, 2.75) is 17.9 Å². The first-order valence-corrected chi connectivity index (χ1v) is 10.7. The standard InChI is InChI=1S/C21H17ClF2N2O3S/c1-13(15-4-11-20(24)19(22)12-15)25-21(27)14-2-7-17(8-3-14)26-30(28,29)18-9-5-16(23)6-10-18/h2-13,26H,1H3,(H,25,27). The molecule has 0 aliphatic heterocycles. The van der Waals surface area contributed by atoms with Gasteiger partial charge in [-0.3, -0.25) is 9.52 Å². The monoisotopic (exact) mass is 450 g/mol. The zero-order valence-corrected chi connectivity index (χ0v) is 17.3. The van der Waals surface area contributed by atoms with Crippen LogP contribution in [0.5, 0.6) is 0 Å². The predicted molar refractivity (Wildman–Crippen MR) is 111 cm³/mol. The third-order valence-corrected chi connectivity index (χ3v) is 6.00. The molecule has 0 aliphatic carbocycles. The second kappa shape index (κ2) is 8.81. The fourth-order valence-corrected chi connectivity index (χ4v) is 3.91. The highest BCUT2D eigenvalue weighted by molar-refractivity contribution is 7.92. The number of amides is 1. The van der Waals surface area contributed by atoms with Gasteiger partial charge in [0.2, 0.25) is 0 Å². The molecule has 0 saturated heterocycles. The van der Waals surface area contributed by atoms with Gasteiger partial charge in [0.05, 0.1) is 16.0 Å². The molecule has 1 atom stereocenters. The molecule has 2 N–H and O–H groups in total. The SMILES string of the molecule is CC(NC(=O)c1ccc(NS(=O)(=O)c2ccc(F)cc2)cc1)c1ccc(F)c(Cl)c1. The number of carbonyl (C=O) groups is 1. The molecule has 0 aliphatic rings. The highest BCUT2D eigenvalue weighted by Gasteiger charge is 2.16. The van der Waals surface area contributed by atoms with Crippen LogP contribution in [-0.2, 0) is 10.0 Å². The molecule has 0 bridgehead atoms. The number of hydrogen-bond donors (Lipinski definition) is 2. The van der Waals surface area contributed by atoms with Gasteiger partial charge in [0, 0.05) is 11.3 Å². The molecule has 3 aromatic rings. The lowest BCUT2D eigenvalue weighted by Gasteiger charge is -2.15. The Kier molecular flexibility index (Phi) is 6.38. The normalized spacial score (nSPS) is 12.3. The topological polar surface area (TPSA) is 75.3 Å². The fourth-order valence-electron chi connectivity index (χ4n) is 2.66. The minimum atomic E-state index is -3.89. The van der Waals surface area contributed by atoms with Crippen LogP contribution < -0.4 is 10.0 Å². The molecule has 30 heavy (non-hydrogen) atoms. The van der Waals surface area contributed by atoms with Crippen LogP contribution in [0.25, 0.3) is 0 Å². The van der Waals surface area contributed by atoms with Gasteiger partial charge in [0.25, 0.3) is 15.9 Å². The van der Waals surface area contributed by atoms with Gasteiger partial charge < -0.3 is 5.32 Å². The average Bonchev–Trinajstić information content (AvgIpc) is 2.70. The Hall–Kier alpha value is -2.97. The van der Waals surface area contributed by atoms with E-state index in [1.807, 2.05) is 0 Å². The molecule has 0 radical (unpaired) electrons. The number of nitrogens with one attached hydrogen (secondary N) is 2. The minimum absolute atomic E-state index is 0.0357. The molecule has 156 valence electrons. The number of rotatable bonds is 6. The average molecular weight is 451 g/mol. The molecule has 3 rings (SSSR count). The molecule has 0 heterocycles. The van der Waals surface area contributed by atoms with Gasteiger partial charge in [-0.15, -0.1) is 0 Å². The summed E-state index contributed by atoms with van der Waals surface area (Å²) in [7, 11) is -3.89. The van der Waals surface area contributed by atoms with Crippen LogP contribution >= 0.6 is 11.6 Å². The highest BCUT2D eigenvalue weighted by Crippen LogP contribution is 2.22. The van der Waals surface area contributed by atoms with Crippen molar-refractivity contribution >= 4 is 33.2 Å². The predicted octanol–water partition coefficient (Wildman–Crippen LogP) is 4.91. The van der Waals surface area contributed by atoms with E-state index in [1.54, 1.807) is 6.92 Å². The van der Waals surface area contributed by atoms with E-state index in [0.29, 0.717) is 11.1 Å². The molecule has 9 heteroatoms. The van der Waals surface area contributed by atoms with E-state index in [4.69, 9.17) is 11.6 Å². The first-order chi connectivity index (χ1) is 14.2. The summed E-state index contributed by atoms with van der Waals surface area (Å²) in [5.74, 6) is -1.48. The zero-order chi connectivity index (χ0) is 21.9. The lowest BCUT2D eigenvalue weighted by Crippen LogP contribution is -2.26. The van der Waals surface area contributed by atoms with Crippen LogP contribution in [0.4, 0.5) is 14.5 Å². The van der Waals surface area contributed by atoms with Crippen molar-refractivity contribution in [2.75, 3.05) is 4.72 Å². The quantitative estimate of drug-likeness (QED) is 0.560. The van der Waals surface area contributed by atoms with E-state index in [0.717, 1.165) is 24.3 Å². The van der Waals surface area contributed by atoms with Crippen molar-refractivity contribution < 1.29 is 22.0 Å². The maximum absolute atomic E-state index is 13.3. The summed E-state index contributed by atoms with van der Waals surface area (Å²) in [6.07, 6.45) is 0. The maximum atomic E-state index is 13.3. The molecular formula is C21H17ClF2N2O3S. The Morgan fingerprint density at radius 2 is 1.60 bits per heavy atom. The Balaban J connectivity index is 1.68. The number of benzene rings is 3. The summed E-state index contributed by atoms with van der Waals surface area (Å²) >= 11 is 5.77. The van der Waals surface area contributed by atoms with E-state index in [-0.39, 0.29) is 15.6 Å². The lowest BCUT2D eigenvalue weighted by molar-refractivity contribution is 0.0940. The van der Waals surface area contributed by atoms with Crippen LogP contribution in [-0.4, -0.2) is 14.3 Å². The molecule has 0 saturated carbocycles. The number of halogens is 3.